The van der Waals surface area contributed by atoms with Crippen molar-refractivity contribution in [3.05, 3.63) is 64.7 Å². The Kier molecular flexibility index (Phi) is 5.96. The van der Waals surface area contributed by atoms with Crippen LogP contribution in [-0.2, 0) is 5.75 Å². The normalized spacial score (nSPS) is 12.3. The molecule has 0 aromatic heterocycles. The lowest BCUT2D eigenvalue weighted by Crippen LogP contribution is -2.18. The third kappa shape index (κ3) is 4.27. The van der Waals surface area contributed by atoms with Gasteiger partial charge in [-0.15, -0.1) is 11.8 Å². The van der Waals surface area contributed by atoms with Crippen LogP contribution in [0.5, 0.6) is 0 Å². The van der Waals surface area contributed by atoms with Crippen molar-refractivity contribution in [1.82, 2.24) is 5.32 Å². The van der Waals surface area contributed by atoms with Gasteiger partial charge in [0.05, 0.1) is 0 Å². The molecule has 2 rings (SSSR count). The zero-order valence-corrected chi connectivity index (χ0v) is 13.5. The molecule has 106 valence electrons. The largest absolute Gasteiger partial charge is 0.310 e. The molecule has 1 unspecified atom stereocenters. The molecule has 20 heavy (non-hydrogen) atoms. The number of nitrogens with one attached hydrogen (secondary N) is 1. The number of hydrogen-bond donors (Lipinski definition) is 1. The highest BCUT2D eigenvalue weighted by atomic mass is 35.5. The predicted molar refractivity (Wildman–Crippen MR) is 89.5 cm³/mol. The van der Waals surface area contributed by atoms with Crippen molar-refractivity contribution in [2.24, 2.45) is 0 Å². The Balaban J connectivity index is 2.07. The highest BCUT2D eigenvalue weighted by molar-refractivity contribution is 7.98. The van der Waals surface area contributed by atoms with Crippen LogP contribution in [0.4, 0.5) is 0 Å². The number of hydrogen-bond acceptors (Lipinski definition) is 2. The molecule has 2 aromatic carbocycles. The van der Waals surface area contributed by atoms with E-state index in [2.05, 4.69) is 55.6 Å². The molecule has 0 bridgehead atoms. The Morgan fingerprint density at radius 1 is 1.10 bits per heavy atom. The van der Waals surface area contributed by atoms with Gasteiger partial charge in [-0.3, -0.25) is 0 Å². The van der Waals surface area contributed by atoms with Gasteiger partial charge in [0.15, 0.2) is 0 Å². The zero-order chi connectivity index (χ0) is 14.4. The molecule has 0 aliphatic rings. The van der Waals surface area contributed by atoms with Crippen molar-refractivity contribution in [2.45, 2.75) is 30.5 Å². The lowest BCUT2D eigenvalue weighted by molar-refractivity contribution is 0.590. The predicted octanol–water partition coefficient (Wildman–Crippen LogP) is 5.30. The summed E-state index contributed by atoms with van der Waals surface area (Å²) in [7, 11) is 0. The highest BCUT2D eigenvalue weighted by Gasteiger charge is 2.09. The average molecular weight is 306 g/mol. The minimum absolute atomic E-state index is 0.383. The van der Waals surface area contributed by atoms with Gasteiger partial charge in [0, 0.05) is 21.7 Å². The van der Waals surface area contributed by atoms with Crippen molar-refractivity contribution >= 4 is 23.4 Å². The van der Waals surface area contributed by atoms with E-state index in [0.29, 0.717) is 6.04 Å². The molecule has 0 spiro atoms. The van der Waals surface area contributed by atoms with Crippen molar-refractivity contribution in [2.75, 3.05) is 6.54 Å². The minimum atomic E-state index is 0.383. The van der Waals surface area contributed by atoms with Gasteiger partial charge in [-0.2, -0.15) is 0 Å². The van der Waals surface area contributed by atoms with Crippen LogP contribution in [0.25, 0.3) is 0 Å². The van der Waals surface area contributed by atoms with E-state index in [1.807, 2.05) is 23.9 Å². The number of rotatable bonds is 6. The Bertz CT molecular complexity index is 539. The van der Waals surface area contributed by atoms with Gasteiger partial charge in [-0.25, -0.2) is 0 Å². The first-order chi connectivity index (χ1) is 9.70. The lowest BCUT2D eigenvalue weighted by Gasteiger charge is -2.16. The average Bonchev–Trinajstić information content (AvgIpc) is 2.47. The summed E-state index contributed by atoms with van der Waals surface area (Å²) >= 11 is 7.79. The van der Waals surface area contributed by atoms with Gasteiger partial charge in [-0.05, 0) is 42.8 Å². The summed E-state index contributed by atoms with van der Waals surface area (Å²) in [5.41, 5.74) is 2.67. The first kappa shape index (κ1) is 15.4. The molecular formula is C17H20ClNS. The van der Waals surface area contributed by atoms with E-state index in [1.54, 1.807) is 0 Å². The maximum absolute atomic E-state index is 5.92. The molecule has 0 saturated heterocycles. The Morgan fingerprint density at radius 2 is 1.80 bits per heavy atom. The maximum atomic E-state index is 5.92. The monoisotopic (exact) mass is 305 g/mol. The summed E-state index contributed by atoms with van der Waals surface area (Å²) in [6.07, 6.45) is 0. The third-order valence-electron chi connectivity index (χ3n) is 3.20. The molecule has 0 aliphatic heterocycles. The summed E-state index contributed by atoms with van der Waals surface area (Å²) < 4.78 is 0. The highest BCUT2D eigenvalue weighted by Crippen LogP contribution is 2.30. The smallest absolute Gasteiger partial charge is 0.0406 e. The lowest BCUT2D eigenvalue weighted by atomic mass is 10.1. The second kappa shape index (κ2) is 7.72. The first-order valence-corrected chi connectivity index (χ1v) is 8.26. The van der Waals surface area contributed by atoms with E-state index >= 15 is 0 Å². The van der Waals surface area contributed by atoms with Gasteiger partial charge >= 0.3 is 0 Å². The van der Waals surface area contributed by atoms with Gasteiger partial charge in [0.25, 0.3) is 0 Å². The molecular weight excluding hydrogens is 286 g/mol. The molecule has 0 amide bonds. The van der Waals surface area contributed by atoms with Crippen molar-refractivity contribution in [1.29, 1.82) is 0 Å². The summed E-state index contributed by atoms with van der Waals surface area (Å²) in [6, 6.07) is 17.1. The molecule has 0 saturated carbocycles. The molecule has 0 fully saturated rings. The second-order valence-corrected chi connectivity index (χ2v) is 6.19. The molecule has 3 heteroatoms. The van der Waals surface area contributed by atoms with Crippen LogP contribution in [0.15, 0.2) is 53.4 Å². The Hall–Kier alpha value is -0.960. The number of thioether (sulfide) groups is 1. The molecule has 0 heterocycles. The SMILES string of the molecule is CCNC(C)c1ccccc1SCc1ccc(Cl)cc1. The van der Waals surface area contributed by atoms with E-state index in [9.17, 15) is 0 Å². The van der Waals surface area contributed by atoms with Crippen LogP contribution in [-0.4, -0.2) is 6.54 Å². The zero-order valence-electron chi connectivity index (χ0n) is 11.9. The summed E-state index contributed by atoms with van der Waals surface area (Å²) in [6.45, 7) is 5.34. The van der Waals surface area contributed by atoms with Crippen molar-refractivity contribution < 1.29 is 0 Å². The van der Waals surface area contributed by atoms with E-state index in [4.69, 9.17) is 11.6 Å². The molecule has 1 nitrogen and oxygen atoms in total. The van der Waals surface area contributed by atoms with Gasteiger partial charge < -0.3 is 5.32 Å². The fraction of sp³-hybridized carbons (Fsp3) is 0.294. The number of halogens is 1. The van der Waals surface area contributed by atoms with Crippen molar-refractivity contribution in [3.8, 4) is 0 Å². The maximum Gasteiger partial charge on any atom is 0.0406 e. The van der Waals surface area contributed by atoms with Gasteiger partial charge in [0.2, 0.25) is 0 Å². The summed E-state index contributed by atoms with van der Waals surface area (Å²) in [5, 5.41) is 4.27. The molecule has 1 N–H and O–H groups in total. The second-order valence-electron chi connectivity index (χ2n) is 4.73. The first-order valence-electron chi connectivity index (χ1n) is 6.90. The fourth-order valence-electron chi connectivity index (χ4n) is 2.13. The fourth-order valence-corrected chi connectivity index (χ4v) is 3.35. The topological polar surface area (TPSA) is 12.0 Å². The molecule has 1 atom stereocenters. The number of benzene rings is 2. The standard InChI is InChI=1S/C17H20ClNS/c1-3-19-13(2)16-6-4-5-7-17(16)20-12-14-8-10-15(18)11-9-14/h4-11,13,19H,3,12H2,1-2H3. The minimum Gasteiger partial charge on any atom is -0.310 e. The van der Waals surface area contributed by atoms with E-state index in [-0.39, 0.29) is 0 Å². The molecule has 2 aromatic rings. The van der Waals surface area contributed by atoms with Crippen LogP contribution in [0.3, 0.4) is 0 Å². The van der Waals surface area contributed by atoms with Crippen LogP contribution in [0.2, 0.25) is 5.02 Å². The molecule has 0 aliphatic carbocycles. The van der Waals surface area contributed by atoms with E-state index in [0.717, 1.165) is 17.3 Å². The quantitative estimate of drug-likeness (QED) is 0.727. The Labute approximate surface area is 130 Å². The summed E-state index contributed by atoms with van der Waals surface area (Å²) in [4.78, 5) is 1.34. The van der Waals surface area contributed by atoms with E-state index < -0.39 is 0 Å². The van der Waals surface area contributed by atoms with Gasteiger partial charge in [0.1, 0.15) is 0 Å². The Morgan fingerprint density at radius 3 is 2.50 bits per heavy atom. The molecule has 0 radical (unpaired) electrons. The summed E-state index contributed by atoms with van der Waals surface area (Å²) in [5.74, 6) is 0.965. The van der Waals surface area contributed by atoms with Crippen LogP contribution in [0, 0.1) is 0 Å². The van der Waals surface area contributed by atoms with Gasteiger partial charge in [-0.1, -0.05) is 48.9 Å². The van der Waals surface area contributed by atoms with Crippen molar-refractivity contribution in [3.63, 3.8) is 0 Å². The van der Waals surface area contributed by atoms with E-state index in [1.165, 1.54) is 16.0 Å². The van der Waals surface area contributed by atoms with Crippen LogP contribution >= 0.6 is 23.4 Å². The third-order valence-corrected chi connectivity index (χ3v) is 4.62. The van der Waals surface area contributed by atoms with Crippen LogP contribution < -0.4 is 5.32 Å². The van der Waals surface area contributed by atoms with Crippen LogP contribution in [0.1, 0.15) is 31.0 Å².